The fraction of sp³-hybridized carbons (Fsp3) is 0.583. The molecule has 0 aliphatic carbocycles. The molecular weight excluding hydrogens is 394 g/mol. The van der Waals surface area contributed by atoms with Crippen LogP contribution in [0.2, 0.25) is 0 Å². The zero-order valence-corrected chi connectivity index (χ0v) is 18.4. The van der Waals surface area contributed by atoms with Crippen LogP contribution in [0.5, 0.6) is 5.75 Å². The smallest absolute Gasteiger partial charge is 0.318 e. The van der Waals surface area contributed by atoms with E-state index in [1.54, 1.807) is 4.90 Å². The number of para-hydroxylation sites is 1. The maximum Gasteiger partial charge on any atom is 0.318 e. The molecule has 3 heterocycles. The fourth-order valence-electron chi connectivity index (χ4n) is 4.53. The van der Waals surface area contributed by atoms with Gasteiger partial charge in [0, 0.05) is 50.3 Å². The number of fused-ring (bicyclic) bond motifs is 3. The minimum absolute atomic E-state index is 0.00722. The van der Waals surface area contributed by atoms with Crippen LogP contribution in [0.4, 0.5) is 0 Å². The van der Waals surface area contributed by atoms with Gasteiger partial charge in [0.05, 0.1) is 0 Å². The molecule has 1 amide bonds. The second-order valence-electron chi connectivity index (χ2n) is 9.70. The minimum Gasteiger partial charge on any atom is -0.492 e. The van der Waals surface area contributed by atoms with Gasteiger partial charge in [-0.25, -0.2) is 0 Å². The van der Waals surface area contributed by atoms with Gasteiger partial charge in [-0.15, -0.1) is 12.3 Å². The van der Waals surface area contributed by atoms with E-state index in [0.29, 0.717) is 32.2 Å². The first-order valence-corrected chi connectivity index (χ1v) is 10.8. The molecule has 0 bridgehead atoms. The predicted octanol–water partition coefficient (Wildman–Crippen LogP) is 3.69. The lowest BCUT2D eigenvalue weighted by Gasteiger charge is -2.38. The van der Waals surface area contributed by atoms with Crippen LogP contribution in [0.25, 0.3) is 0 Å². The van der Waals surface area contributed by atoms with E-state index in [-0.39, 0.29) is 30.9 Å². The summed E-state index contributed by atoms with van der Waals surface area (Å²) in [5, 5.41) is 8.24. The van der Waals surface area contributed by atoms with Crippen molar-refractivity contribution in [1.29, 1.82) is 0 Å². The number of amides is 1. The van der Waals surface area contributed by atoms with E-state index in [4.69, 9.17) is 15.9 Å². The number of rotatable bonds is 6. The third-order valence-electron chi connectivity index (χ3n) is 6.27. The van der Waals surface area contributed by atoms with E-state index in [2.05, 4.69) is 16.1 Å². The third kappa shape index (κ3) is 4.16. The van der Waals surface area contributed by atoms with Crippen LogP contribution in [-0.2, 0) is 14.3 Å². The summed E-state index contributed by atoms with van der Waals surface area (Å²) in [6.07, 6.45) is 7.46. The Kier molecular flexibility index (Phi) is 5.28. The second kappa shape index (κ2) is 7.67. The molecule has 1 aromatic carbocycles. The van der Waals surface area contributed by atoms with Crippen molar-refractivity contribution in [2.24, 2.45) is 15.6 Å². The molecule has 0 N–H and O–H groups in total. The lowest BCUT2D eigenvalue weighted by molar-refractivity contribution is -0.170. The lowest BCUT2D eigenvalue weighted by atomic mass is 9.73. The first-order valence-electron chi connectivity index (χ1n) is 10.8. The maximum atomic E-state index is 13.4. The van der Waals surface area contributed by atoms with Gasteiger partial charge in [0.1, 0.15) is 23.4 Å². The Morgan fingerprint density at radius 3 is 2.71 bits per heavy atom. The van der Waals surface area contributed by atoms with Gasteiger partial charge >= 0.3 is 5.97 Å². The Morgan fingerprint density at radius 1 is 1.29 bits per heavy atom. The highest BCUT2D eigenvalue weighted by atomic mass is 16.6. The van der Waals surface area contributed by atoms with Crippen LogP contribution in [0, 0.1) is 17.8 Å². The number of terminal acetylenes is 1. The third-order valence-corrected chi connectivity index (χ3v) is 6.27. The molecule has 164 valence electrons. The monoisotopic (exact) mass is 423 g/mol. The highest BCUT2D eigenvalue weighted by molar-refractivity contribution is 5.84. The molecule has 4 rings (SSSR count). The number of esters is 1. The summed E-state index contributed by atoms with van der Waals surface area (Å²) >= 11 is 0. The Morgan fingerprint density at radius 2 is 2.03 bits per heavy atom. The first kappa shape index (κ1) is 21.4. The van der Waals surface area contributed by atoms with E-state index >= 15 is 0 Å². The summed E-state index contributed by atoms with van der Waals surface area (Å²) in [5.41, 5.74) is -1.07. The molecule has 3 aliphatic heterocycles. The number of likely N-dealkylation sites (tertiary alicyclic amines) is 1. The molecule has 0 aromatic heterocycles. The minimum atomic E-state index is -0.910. The van der Waals surface area contributed by atoms with Gasteiger partial charge in [-0.2, -0.15) is 10.2 Å². The molecule has 0 spiro atoms. The zero-order valence-electron chi connectivity index (χ0n) is 18.4. The maximum absolute atomic E-state index is 13.4. The van der Waals surface area contributed by atoms with Gasteiger partial charge in [-0.3, -0.25) is 9.59 Å². The van der Waals surface area contributed by atoms with Gasteiger partial charge in [0.2, 0.25) is 5.91 Å². The average molecular weight is 424 g/mol. The number of nitrogens with zero attached hydrogens (tertiary/aromatic N) is 3. The summed E-state index contributed by atoms with van der Waals surface area (Å²) in [4.78, 5) is 28.2. The fourth-order valence-corrected chi connectivity index (χ4v) is 4.53. The molecule has 1 fully saturated rings. The van der Waals surface area contributed by atoms with Gasteiger partial charge in [-0.05, 0) is 26.8 Å². The molecule has 0 unspecified atom stereocenters. The van der Waals surface area contributed by atoms with E-state index in [0.717, 1.165) is 11.3 Å². The SMILES string of the molecule is C#CCCC1(CCC(=O)N2C[C@H]3c4ccccc4OC[C@@]3(C(=O)OC(C)(C)C)C2)N=N1. The molecule has 7 heteroatoms. The van der Waals surface area contributed by atoms with E-state index in [1.807, 2.05) is 45.0 Å². The predicted molar refractivity (Wildman–Crippen MR) is 114 cm³/mol. The largest absolute Gasteiger partial charge is 0.492 e. The number of carbonyl (C=O) groups excluding carboxylic acids is 2. The first-order chi connectivity index (χ1) is 14.7. The second-order valence-corrected chi connectivity index (χ2v) is 9.70. The van der Waals surface area contributed by atoms with Crippen molar-refractivity contribution >= 4 is 11.9 Å². The molecule has 31 heavy (non-hydrogen) atoms. The van der Waals surface area contributed by atoms with Crippen LogP contribution < -0.4 is 4.74 Å². The van der Waals surface area contributed by atoms with Crippen molar-refractivity contribution in [3.63, 3.8) is 0 Å². The summed E-state index contributed by atoms with van der Waals surface area (Å²) in [7, 11) is 0. The van der Waals surface area contributed by atoms with Crippen molar-refractivity contribution in [2.75, 3.05) is 19.7 Å². The number of ether oxygens (including phenoxy) is 2. The van der Waals surface area contributed by atoms with Crippen molar-refractivity contribution in [2.45, 2.75) is 63.6 Å². The molecule has 3 aliphatic rings. The van der Waals surface area contributed by atoms with E-state index < -0.39 is 16.7 Å². The van der Waals surface area contributed by atoms with E-state index in [1.165, 1.54) is 0 Å². The molecule has 2 atom stereocenters. The summed E-state index contributed by atoms with van der Waals surface area (Å²) in [6, 6.07) is 7.73. The zero-order chi connectivity index (χ0) is 22.3. The molecule has 1 saturated heterocycles. The van der Waals surface area contributed by atoms with Crippen LogP contribution in [0.15, 0.2) is 34.5 Å². The Bertz CT molecular complexity index is 952. The average Bonchev–Trinajstić information content (AvgIpc) is 3.38. The van der Waals surface area contributed by atoms with Crippen LogP contribution >= 0.6 is 0 Å². The molecule has 0 saturated carbocycles. The summed E-state index contributed by atoms with van der Waals surface area (Å²) in [6.45, 7) is 6.50. The lowest BCUT2D eigenvalue weighted by Crippen LogP contribution is -2.49. The number of hydrogen-bond donors (Lipinski definition) is 0. The van der Waals surface area contributed by atoms with Crippen molar-refractivity contribution in [1.82, 2.24) is 4.90 Å². The van der Waals surface area contributed by atoms with Gasteiger partial charge in [0.25, 0.3) is 0 Å². The highest BCUT2D eigenvalue weighted by Gasteiger charge is 2.58. The number of carbonyl (C=O) groups is 2. The number of hydrogen-bond acceptors (Lipinski definition) is 6. The molecular formula is C24H29N3O4. The van der Waals surface area contributed by atoms with Crippen LogP contribution in [0.1, 0.15) is 57.9 Å². The standard InChI is InChI=1S/C24H29N3O4/c1-5-6-12-24(25-26-24)13-11-20(28)27-14-18-17-9-7-8-10-19(17)30-16-23(18,15-27)21(29)31-22(2,3)4/h1,7-10,18H,6,11-16H2,2-4H3/t18-,23-/m0/s1. The van der Waals surface area contributed by atoms with Gasteiger partial charge in [0.15, 0.2) is 5.66 Å². The number of benzene rings is 1. The van der Waals surface area contributed by atoms with Gasteiger partial charge < -0.3 is 14.4 Å². The quantitative estimate of drug-likeness (QED) is 0.516. The normalized spacial score (nSPS) is 25.1. The highest BCUT2D eigenvalue weighted by Crippen LogP contribution is 2.51. The topological polar surface area (TPSA) is 80.6 Å². The molecule has 1 aromatic rings. The van der Waals surface area contributed by atoms with Gasteiger partial charge in [-0.1, -0.05) is 18.2 Å². The van der Waals surface area contributed by atoms with Crippen molar-refractivity contribution in [3.05, 3.63) is 29.8 Å². The molecule has 7 nitrogen and oxygen atoms in total. The van der Waals surface area contributed by atoms with Crippen molar-refractivity contribution < 1.29 is 19.1 Å². The Hall–Kier alpha value is -2.88. The summed E-state index contributed by atoms with van der Waals surface area (Å²) in [5.74, 6) is 2.89. The van der Waals surface area contributed by atoms with E-state index in [9.17, 15) is 9.59 Å². The molecule has 0 radical (unpaired) electrons. The summed E-state index contributed by atoms with van der Waals surface area (Å²) < 4.78 is 11.8. The van der Waals surface area contributed by atoms with Crippen LogP contribution in [0.3, 0.4) is 0 Å². The Labute approximate surface area is 183 Å². The van der Waals surface area contributed by atoms with Crippen LogP contribution in [-0.4, -0.2) is 47.7 Å². The Balaban J connectivity index is 1.53. The van der Waals surface area contributed by atoms with Crippen molar-refractivity contribution in [3.8, 4) is 18.1 Å².